The number of benzene rings is 1. The van der Waals surface area contributed by atoms with E-state index in [0.717, 1.165) is 41.2 Å². The van der Waals surface area contributed by atoms with E-state index in [4.69, 9.17) is 4.84 Å². The largest absolute Gasteiger partial charge is 0.364 e. The average Bonchev–Trinajstić information content (AvgIpc) is 3.65. The summed E-state index contributed by atoms with van der Waals surface area (Å²) in [7, 11) is 5.17. The van der Waals surface area contributed by atoms with Crippen molar-refractivity contribution in [3.63, 3.8) is 0 Å². The maximum absolute atomic E-state index is 12.6. The number of para-hydroxylation sites is 1. The van der Waals surface area contributed by atoms with Crippen LogP contribution in [0.2, 0.25) is 0 Å². The Morgan fingerprint density at radius 3 is 2.56 bits per heavy atom. The number of aryl methyl sites for hydroxylation is 1. The Morgan fingerprint density at radius 2 is 1.86 bits per heavy atom. The van der Waals surface area contributed by atoms with E-state index < -0.39 is 5.91 Å². The molecule has 1 unspecified atom stereocenters. The Kier molecular flexibility index (Phi) is 7.20. The molecule has 1 aliphatic heterocycles. The standard InChI is InChI=1S/C23H26N8O3.C2H6/c1-12-19-20(28-31(3)27-19)14-6-5-7-16(21(14)30(12)2)25-17-10-18(26-22(32)13-8-9-13)24-11-15(17)23(33)29-34-4;1-2/h5-7,10-13H,8-9H2,1-4H3,(H,29,33)(H2,24,25,26,32);1-2H3. The first-order valence-electron chi connectivity index (χ1n) is 12.1. The Labute approximate surface area is 210 Å². The van der Waals surface area contributed by atoms with Crippen molar-refractivity contribution in [1.29, 1.82) is 0 Å². The van der Waals surface area contributed by atoms with Gasteiger partial charge in [0.2, 0.25) is 5.91 Å². The minimum atomic E-state index is -0.458. The second-order valence-corrected chi connectivity index (χ2v) is 8.55. The van der Waals surface area contributed by atoms with Crippen LogP contribution in [0.15, 0.2) is 30.5 Å². The number of aromatic nitrogens is 4. The molecule has 1 aromatic carbocycles. The number of nitrogens with zero attached hydrogens (tertiary/aromatic N) is 5. The lowest BCUT2D eigenvalue weighted by Gasteiger charge is -2.34. The van der Waals surface area contributed by atoms with E-state index in [0.29, 0.717) is 11.5 Å². The highest BCUT2D eigenvalue weighted by Gasteiger charge is 2.32. The summed E-state index contributed by atoms with van der Waals surface area (Å²) in [5, 5.41) is 15.3. The minimum absolute atomic E-state index is 0.00115. The van der Waals surface area contributed by atoms with E-state index in [9.17, 15) is 9.59 Å². The number of hydrogen-bond acceptors (Lipinski definition) is 8. The second-order valence-electron chi connectivity index (χ2n) is 8.55. The molecule has 0 bridgehead atoms. The molecule has 0 saturated heterocycles. The van der Waals surface area contributed by atoms with E-state index in [1.54, 1.807) is 10.9 Å². The number of carbonyl (C=O) groups is 2. The summed E-state index contributed by atoms with van der Waals surface area (Å²) in [4.78, 5) is 37.7. The zero-order valence-corrected chi connectivity index (χ0v) is 21.4. The zero-order chi connectivity index (χ0) is 26.0. The fraction of sp³-hybridized carbons (Fsp3) is 0.400. The van der Waals surface area contributed by atoms with Crippen LogP contribution in [0.4, 0.5) is 22.9 Å². The molecule has 3 aromatic rings. The van der Waals surface area contributed by atoms with Gasteiger partial charge in [-0.15, -0.1) is 0 Å². The summed E-state index contributed by atoms with van der Waals surface area (Å²) in [5.41, 5.74) is 7.47. The number of anilines is 4. The van der Waals surface area contributed by atoms with Crippen molar-refractivity contribution in [2.24, 2.45) is 13.0 Å². The van der Waals surface area contributed by atoms with Crippen molar-refractivity contribution in [2.75, 3.05) is 29.7 Å². The molecular weight excluding hydrogens is 460 g/mol. The zero-order valence-electron chi connectivity index (χ0n) is 21.4. The van der Waals surface area contributed by atoms with E-state index >= 15 is 0 Å². The first-order valence-corrected chi connectivity index (χ1v) is 12.1. The van der Waals surface area contributed by atoms with Gasteiger partial charge in [0, 0.05) is 37.8 Å². The molecule has 11 heteroatoms. The molecule has 11 nitrogen and oxygen atoms in total. The van der Waals surface area contributed by atoms with Crippen LogP contribution in [0.25, 0.3) is 11.3 Å². The van der Waals surface area contributed by atoms with Gasteiger partial charge in [-0.2, -0.15) is 15.0 Å². The molecule has 0 radical (unpaired) electrons. The molecule has 1 saturated carbocycles. The van der Waals surface area contributed by atoms with E-state index in [1.165, 1.54) is 13.3 Å². The van der Waals surface area contributed by atoms with Crippen LogP contribution < -0.4 is 21.0 Å². The number of nitrogens with one attached hydrogen (secondary N) is 3. The first-order chi connectivity index (χ1) is 17.4. The summed E-state index contributed by atoms with van der Waals surface area (Å²) in [6, 6.07) is 7.52. The Morgan fingerprint density at radius 1 is 1.11 bits per heavy atom. The van der Waals surface area contributed by atoms with Crippen LogP contribution >= 0.6 is 0 Å². The summed E-state index contributed by atoms with van der Waals surface area (Å²) in [5.74, 6) is -0.114. The maximum atomic E-state index is 12.6. The number of hydroxylamine groups is 1. The molecule has 2 aliphatic rings. The van der Waals surface area contributed by atoms with Crippen molar-refractivity contribution in [1.82, 2.24) is 25.5 Å². The molecule has 2 amide bonds. The summed E-state index contributed by atoms with van der Waals surface area (Å²) >= 11 is 0. The van der Waals surface area contributed by atoms with E-state index in [-0.39, 0.29) is 23.4 Å². The summed E-state index contributed by atoms with van der Waals surface area (Å²) in [6.45, 7) is 6.07. The summed E-state index contributed by atoms with van der Waals surface area (Å²) in [6.07, 6.45) is 3.19. The molecule has 3 N–H and O–H groups in total. The molecule has 5 rings (SSSR count). The van der Waals surface area contributed by atoms with Gasteiger partial charge in [-0.3, -0.25) is 14.4 Å². The number of rotatable bonds is 6. The highest BCUT2D eigenvalue weighted by Crippen LogP contribution is 2.46. The smallest absolute Gasteiger partial charge is 0.278 e. The van der Waals surface area contributed by atoms with Gasteiger partial charge in [-0.1, -0.05) is 26.0 Å². The molecular formula is C25H32N8O3. The highest BCUT2D eigenvalue weighted by atomic mass is 16.6. The van der Waals surface area contributed by atoms with Gasteiger partial charge in [0.25, 0.3) is 5.91 Å². The molecule has 1 aliphatic carbocycles. The van der Waals surface area contributed by atoms with Gasteiger partial charge in [0.15, 0.2) is 0 Å². The van der Waals surface area contributed by atoms with Crippen molar-refractivity contribution in [3.8, 4) is 11.3 Å². The van der Waals surface area contributed by atoms with Crippen molar-refractivity contribution < 1.29 is 14.4 Å². The fourth-order valence-electron chi connectivity index (χ4n) is 4.16. The lowest BCUT2D eigenvalue weighted by atomic mass is 9.96. The third-order valence-corrected chi connectivity index (χ3v) is 6.17. The van der Waals surface area contributed by atoms with Gasteiger partial charge in [0.05, 0.1) is 35.8 Å². The van der Waals surface area contributed by atoms with Crippen molar-refractivity contribution in [2.45, 2.75) is 39.7 Å². The highest BCUT2D eigenvalue weighted by molar-refractivity contribution is 6.02. The monoisotopic (exact) mass is 492 g/mol. The van der Waals surface area contributed by atoms with E-state index in [2.05, 4.69) is 43.1 Å². The second kappa shape index (κ2) is 10.3. The normalized spacial score (nSPS) is 15.7. The Hall–Kier alpha value is -3.99. The Bertz CT molecular complexity index is 1280. The summed E-state index contributed by atoms with van der Waals surface area (Å²) < 4.78 is 0. The van der Waals surface area contributed by atoms with Crippen molar-refractivity contribution >= 4 is 34.7 Å². The molecule has 0 spiro atoms. The van der Waals surface area contributed by atoms with Crippen LogP contribution in [0.3, 0.4) is 0 Å². The van der Waals surface area contributed by atoms with Crippen LogP contribution in [0.5, 0.6) is 0 Å². The topological polar surface area (TPSA) is 126 Å². The lowest BCUT2D eigenvalue weighted by molar-refractivity contribution is -0.117. The van der Waals surface area contributed by atoms with Gasteiger partial charge in [0.1, 0.15) is 17.2 Å². The molecule has 1 atom stereocenters. The van der Waals surface area contributed by atoms with E-state index in [1.807, 2.05) is 46.1 Å². The lowest BCUT2D eigenvalue weighted by Crippen LogP contribution is -2.27. The quantitative estimate of drug-likeness (QED) is 0.444. The van der Waals surface area contributed by atoms with Crippen LogP contribution in [0, 0.1) is 5.92 Å². The average molecular weight is 493 g/mol. The third kappa shape index (κ3) is 4.74. The van der Waals surface area contributed by atoms with Crippen molar-refractivity contribution in [3.05, 3.63) is 41.7 Å². The van der Waals surface area contributed by atoms with Crippen LogP contribution in [-0.2, 0) is 16.7 Å². The number of amides is 2. The molecule has 190 valence electrons. The molecule has 36 heavy (non-hydrogen) atoms. The van der Waals surface area contributed by atoms with Gasteiger partial charge in [-0.05, 0) is 25.8 Å². The van der Waals surface area contributed by atoms with Gasteiger partial charge in [-0.25, -0.2) is 10.5 Å². The number of carbonyl (C=O) groups excluding carboxylic acids is 2. The fourth-order valence-corrected chi connectivity index (χ4v) is 4.16. The number of hydrogen-bond donors (Lipinski definition) is 3. The van der Waals surface area contributed by atoms with Crippen LogP contribution in [-0.4, -0.2) is 45.9 Å². The van der Waals surface area contributed by atoms with Crippen LogP contribution in [0.1, 0.15) is 55.7 Å². The Balaban J connectivity index is 0.00000148. The number of pyridine rings is 1. The first kappa shape index (κ1) is 25.1. The molecule has 1 fully saturated rings. The molecule has 2 aromatic heterocycles. The number of fused-ring (bicyclic) bond motifs is 3. The maximum Gasteiger partial charge on any atom is 0.278 e. The van der Waals surface area contributed by atoms with Gasteiger partial charge >= 0.3 is 0 Å². The predicted molar refractivity (Wildman–Crippen MR) is 138 cm³/mol. The predicted octanol–water partition coefficient (Wildman–Crippen LogP) is 3.80. The van der Waals surface area contributed by atoms with Gasteiger partial charge < -0.3 is 15.5 Å². The SMILES string of the molecule is CC.CONC(=O)c1cnc(NC(=O)C2CC2)cc1Nc1cccc2c1N(C)C(C)c1nn(C)nc1-2. The molecule has 3 heterocycles. The minimum Gasteiger partial charge on any atom is -0.364 e. The third-order valence-electron chi connectivity index (χ3n) is 6.17.